The average molecular weight is 290 g/mol. The van der Waals surface area contributed by atoms with Crippen LogP contribution in [-0.2, 0) is 4.79 Å². The van der Waals surface area contributed by atoms with Crippen molar-refractivity contribution in [3.63, 3.8) is 0 Å². The molecule has 0 saturated heterocycles. The van der Waals surface area contributed by atoms with Crippen LogP contribution in [0.25, 0.3) is 0 Å². The van der Waals surface area contributed by atoms with E-state index in [9.17, 15) is 9.59 Å². The molecule has 0 bridgehead atoms. The highest BCUT2D eigenvalue weighted by Gasteiger charge is 2.25. The van der Waals surface area contributed by atoms with Crippen LogP contribution in [0.1, 0.15) is 50.0 Å². The van der Waals surface area contributed by atoms with Crippen LogP contribution in [0.2, 0.25) is 0 Å². The summed E-state index contributed by atoms with van der Waals surface area (Å²) in [4.78, 5) is 34.0. The van der Waals surface area contributed by atoms with E-state index in [1.807, 2.05) is 13.8 Å². The molecule has 21 heavy (non-hydrogen) atoms. The van der Waals surface area contributed by atoms with E-state index in [2.05, 4.69) is 15.3 Å². The summed E-state index contributed by atoms with van der Waals surface area (Å²) in [5.74, 6) is -0.158. The molecule has 1 heterocycles. The zero-order chi connectivity index (χ0) is 15.2. The Morgan fingerprint density at radius 2 is 2.19 bits per heavy atom. The van der Waals surface area contributed by atoms with Gasteiger partial charge in [0.05, 0.1) is 6.20 Å². The molecule has 1 aromatic heterocycles. The second-order valence-corrected chi connectivity index (χ2v) is 5.44. The van der Waals surface area contributed by atoms with Crippen molar-refractivity contribution in [2.45, 2.75) is 51.6 Å². The van der Waals surface area contributed by atoms with E-state index < -0.39 is 0 Å². The van der Waals surface area contributed by atoms with Crippen molar-refractivity contribution >= 4 is 11.8 Å². The highest BCUT2D eigenvalue weighted by atomic mass is 16.2. The van der Waals surface area contributed by atoms with Crippen molar-refractivity contribution in [1.29, 1.82) is 0 Å². The highest BCUT2D eigenvalue weighted by Crippen LogP contribution is 2.18. The van der Waals surface area contributed by atoms with Gasteiger partial charge in [0, 0.05) is 37.4 Å². The Balaban J connectivity index is 1.96. The molecule has 6 nitrogen and oxygen atoms in total. The Kier molecular flexibility index (Phi) is 5.25. The van der Waals surface area contributed by atoms with Gasteiger partial charge in [-0.2, -0.15) is 0 Å². The van der Waals surface area contributed by atoms with Crippen LogP contribution >= 0.6 is 0 Å². The van der Waals surface area contributed by atoms with Gasteiger partial charge in [0.2, 0.25) is 5.91 Å². The molecule has 2 rings (SSSR count). The van der Waals surface area contributed by atoms with Crippen LogP contribution in [-0.4, -0.2) is 45.3 Å². The van der Waals surface area contributed by atoms with Crippen LogP contribution in [0, 0.1) is 0 Å². The van der Waals surface area contributed by atoms with Crippen molar-refractivity contribution in [2.75, 3.05) is 6.54 Å². The number of hydrogen-bond donors (Lipinski definition) is 1. The van der Waals surface area contributed by atoms with Crippen molar-refractivity contribution in [2.24, 2.45) is 0 Å². The van der Waals surface area contributed by atoms with E-state index in [-0.39, 0.29) is 17.9 Å². The van der Waals surface area contributed by atoms with Crippen LogP contribution in [0.4, 0.5) is 0 Å². The molecule has 2 amide bonds. The third-order valence-electron chi connectivity index (χ3n) is 3.69. The normalized spacial score (nSPS) is 15.3. The van der Waals surface area contributed by atoms with Gasteiger partial charge in [-0.1, -0.05) is 6.92 Å². The molecule has 1 aromatic rings. The van der Waals surface area contributed by atoms with E-state index in [1.165, 1.54) is 18.6 Å². The maximum atomic E-state index is 12.5. The summed E-state index contributed by atoms with van der Waals surface area (Å²) in [7, 11) is 0. The van der Waals surface area contributed by atoms with E-state index in [0.717, 1.165) is 19.3 Å². The number of carbonyl (C=O) groups excluding carboxylic acids is 2. The van der Waals surface area contributed by atoms with Crippen molar-refractivity contribution in [3.05, 3.63) is 24.3 Å². The molecule has 1 fully saturated rings. The van der Waals surface area contributed by atoms with Crippen LogP contribution in [0.5, 0.6) is 0 Å². The summed E-state index contributed by atoms with van der Waals surface area (Å²) in [5.41, 5.74) is 0.320. The first-order chi connectivity index (χ1) is 10.1. The molecule has 1 atom stereocenters. The number of aromatic nitrogens is 2. The quantitative estimate of drug-likeness (QED) is 0.823. The van der Waals surface area contributed by atoms with Gasteiger partial charge in [-0.05, 0) is 26.2 Å². The maximum Gasteiger partial charge on any atom is 0.274 e. The van der Waals surface area contributed by atoms with Crippen molar-refractivity contribution in [1.82, 2.24) is 20.2 Å². The summed E-state index contributed by atoms with van der Waals surface area (Å²) in [6, 6.07) is 0.415. The zero-order valence-electron chi connectivity index (χ0n) is 12.6. The van der Waals surface area contributed by atoms with Gasteiger partial charge in [0.1, 0.15) is 5.69 Å². The first kappa shape index (κ1) is 15.4. The molecule has 1 N–H and O–H groups in total. The number of nitrogens with one attached hydrogen (secondary N) is 1. The molecule has 1 aliphatic carbocycles. The lowest BCUT2D eigenvalue weighted by atomic mass is 10.2. The monoisotopic (exact) mass is 290 g/mol. The van der Waals surface area contributed by atoms with E-state index in [0.29, 0.717) is 24.7 Å². The topological polar surface area (TPSA) is 75.2 Å². The minimum absolute atomic E-state index is 0.0118. The Bertz CT molecular complexity index is 488. The molecular weight excluding hydrogens is 268 g/mol. The largest absolute Gasteiger partial charge is 0.353 e. The number of rotatable bonds is 7. The molecule has 0 aliphatic heterocycles. The van der Waals surface area contributed by atoms with E-state index >= 15 is 0 Å². The molecule has 0 aromatic carbocycles. The molecule has 1 aliphatic rings. The third kappa shape index (κ3) is 4.51. The minimum Gasteiger partial charge on any atom is -0.353 e. The summed E-state index contributed by atoms with van der Waals surface area (Å²) >= 11 is 0. The number of amides is 2. The van der Waals surface area contributed by atoms with Crippen molar-refractivity contribution < 1.29 is 9.59 Å². The SMILES string of the molecule is CCC(C)N(CCC(=O)NC1CC1)C(=O)c1cnccn1. The predicted molar refractivity (Wildman–Crippen MR) is 78.6 cm³/mol. The fraction of sp³-hybridized carbons (Fsp3) is 0.600. The van der Waals surface area contributed by atoms with Gasteiger partial charge in [0.15, 0.2) is 0 Å². The summed E-state index contributed by atoms with van der Waals surface area (Å²) < 4.78 is 0. The Morgan fingerprint density at radius 3 is 2.76 bits per heavy atom. The van der Waals surface area contributed by atoms with Gasteiger partial charge in [-0.15, -0.1) is 0 Å². The number of hydrogen-bond acceptors (Lipinski definition) is 4. The van der Waals surface area contributed by atoms with Crippen LogP contribution in [0.15, 0.2) is 18.6 Å². The lowest BCUT2D eigenvalue weighted by molar-refractivity contribution is -0.121. The summed E-state index contributed by atoms with van der Waals surface area (Å²) in [6.07, 6.45) is 7.79. The number of nitrogens with zero attached hydrogens (tertiary/aromatic N) is 3. The number of carbonyl (C=O) groups is 2. The fourth-order valence-corrected chi connectivity index (χ4v) is 2.05. The van der Waals surface area contributed by atoms with Gasteiger partial charge in [0.25, 0.3) is 5.91 Å². The minimum atomic E-state index is -0.170. The second kappa shape index (κ2) is 7.15. The van der Waals surface area contributed by atoms with Crippen molar-refractivity contribution in [3.8, 4) is 0 Å². The Hall–Kier alpha value is -1.98. The standard InChI is InChI=1S/C15H22N4O2/c1-3-11(2)19(9-6-14(20)18-12-4-5-12)15(21)13-10-16-7-8-17-13/h7-8,10-12H,3-6,9H2,1-2H3,(H,18,20). The van der Waals surface area contributed by atoms with Crippen LogP contribution in [0.3, 0.4) is 0 Å². The van der Waals surface area contributed by atoms with Gasteiger partial charge in [-0.25, -0.2) is 4.98 Å². The fourth-order valence-electron chi connectivity index (χ4n) is 2.05. The lowest BCUT2D eigenvalue weighted by Gasteiger charge is -2.28. The summed E-state index contributed by atoms with van der Waals surface area (Å²) in [5, 5.41) is 2.94. The third-order valence-corrected chi connectivity index (χ3v) is 3.69. The Labute approximate surface area is 125 Å². The smallest absolute Gasteiger partial charge is 0.274 e. The molecular formula is C15H22N4O2. The maximum absolute atomic E-state index is 12.5. The van der Waals surface area contributed by atoms with Crippen LogP contribution < -0.4 is 5.32 Å². The van der Waals surface area contributed by atoms with E-state index in [4.69, 9.17) is 0 Å². The molecule has 1 unspecified atom stereocenters. The van der Waals surface area contributed by atoms with Gasteiger partial charge >= 0.3 is 0 Å². The molecule has 114 valence electrons. The molecule has 0 radical (unpaired) electrons. The van der Waals surface area contributed by atoms with E-state index in [1.54, 1.807) is 4.90 Å². The molecule has 6 heteroatoms. The second-order valence-electron chi connectivity index (χ2n) is 5.44. The molecule has 0 spiro atoms. The van der Waals surface area contributed by atoms with Gasteiger partial charge < -0.3 is 10.2 Å². The Morgan fingerprint density at radius 1 is 1.43 bits per heavy atom. The van der Waals surface area contributed by atoms with Gasteiger partial charge in [-0.3, -0.25) is 14.6 Å². The first-order valence-corrected chi connectivity index (χ1v) is 7.48. The average Bonchev–Trinajstić information content (AvgIpc) is 3.31. The highest BCUT2D eigenvalue weighted by molar-refractivity contribution is 5.92. The molecule has 1 saturated carbocycles. The zero-order valence-corrected chi connectivity index (χ0v) is 12.6. The predicted octanol–water partition coefficient (Wildman–Crippen LogP) is 1.39. The summed E-state index contributed by atoms with van der Waals surface area (Å²) in [6.45, 7) is 4.40. The lowest BCUT2D eigenvalue weighted by Crippen LogP contribution is -2.41. The first-order valence-electron chi connectivity index (χ1n) is 7.48.